The van der Waals surface area contributed by atoms with Gasteiger partial charge in [-0.2, -0.15) is 0 Å². The van der Waals surface area contributed by atoms with Crippen LogP contribution in [0.25, 0.3) is 5.69 Å². The van der Waals surface area contributed by atoms with Crippen LogP contribution in [0, 0.1) is 13.8 Å². The van der Waals surface area contributed by atoms with Gasteiger partial charge in [-0.1, -0.05) is 46.3 Å². The smallest absolute Gasteiger partial charge is 0.226 e. The minimum Gasteiger partial charge on any atom is -0.352 e. The zero-order chi connectivity index (χ0) is 25.9. The molecular formula is C29H28BrN5OS. The number of nitrogens with zero attached hydrogens (tertiary/aromatic N) is 3. The normalized spacial score (nSPS) is 17.1. The van der Waals surface area contributed by atoms with Crippen LogP contribution in [-0.2, 0) is 4.79 Å². The second kappa shape index (κ2) is 10.9. The second-order valence-corrected chi connectivity index (χ2v) is 10.4. The van der Waals surface area contributed by atoms with Gasteiger partial charge in [0.2, 0.25) is 5.91 Å². The predicted octanol–water partition coefficient (Wildman–Crippen LogP) is 6.25. The van der Waals surface area contributed by atoms with Crippen LogP contribution in [0.1, 0.15) is 41.1 Å². The number of hydrogen-bond donors (Lipinski definition) is 2. The third kappa shape index (κ3) is 5.31. The Balaban J connectivity index is 1.48. The van der Waals surface area contributed by atoms with Crippen molar-refractivity contribution in [3.63, 3.8) is 0 Å². The van der Waals surface area contributed by atoms with E-state index in [0.717, 1.165) is 38.5 Å². The highest BCUT2D eigenvalue weighted by Gasteiger charge is 2.41. The fraction of sp³-hybridized carbons (Fsp3) is 0.207. The number of carbonyl (C=O) groups is 1. The Hall–Kier alpha value is -3.49. The molecule has 1 saturated heterocycles. The Kier molecular flexibility index (Phi) is 7.39. The summed E-state index contributed by atoms with van der Waals surface area (Å²) < 4.78 is 3.29. The van der Waals surface area contributed by atoms with Crippen molar-refractivity contribution in [2.24, 2.45) is 0 Å². The van der Waals surface area contributed by atoms with E-state index in [1.165, 1.54) is 0 Å². The SMILES string of the molecule is Cc1cc([C@@H]2[C@H](c3ccccn3)NC(=S)N2CCC(=O)Nc2ccccc2)c(C)n1-c1cccc(Br)c1. The molecule has 37 heavy (non-hydrogen) atoms. The molecule has 0 spiro atoms. The first-order chi connectivity index (χ1) is 17.9. The molecule has 2 aromatic heterocycles. The average molecular weight is 575 g/mol. The fourth-order valence-electron chi connectivity index (χ4n) is 5.05. The summed E-state index contributed by atoms with van der Waals surface area (Å²) in [4.78, 5) is 19.6. The zero-order valence-electron chi connectivity index (χ0n) is 20.7. The summed E-state index contributed by atoms with van der Waals surface area (Å²) in [6.07, 6.45) is 2.12. The van der Waals surface area contributed by atoms with E-state index in [0.29, 0.717) is 18.1 Å². The second-order valence-electron chi connectivity index (χ2n) is 9.13. The Morgan fingerprint density at radius 1 is 1.05 bits per heavy atom. The van der Waals surface area contributed by atoms with Crippen molar-refractivity contribution in [1.82, 2.24) is 19.8 Å². The first kappa shape index (κ1) is 25.2. The number of nitrogens with one attached hydrogen (secondary N) is 2. The van der Waals surface area contributed by atoms with Crippen LogP contribution in [0.4, 0.5) is 5.69 Å². The molecule has 8 heteroatoms. The highest BCUT2D eigenvalue weighted by Crippen LogP contribution is 2.41. The molecule has 2 N–H and O–H groups in total. The summed E-state index contributed by atoms with van der Waals surface area (Å²) >= 11 is 9.41. The van der Waals surface area contributed by atoms with E-state index in [-0.39, 0.29) is 18.0 Å². The summed E-state index contributed by atoms with van der Waals surface area (Å²) in [6, 6.07) is 25.7. The van der Waals surface area contributed by atoms with Gasteiger partial charge in [0.1, 0.15) is 0 Å². The van der Waals surface area contributed by atoms with Crippen molar-refractivity contribution >= 4 is 44.9 Å². The third-order valence-corrected chi connectivity index (χ3v) is 7.54. The van der Waals surface area contributed by atoms with Crippen LogP contribution in [0.2, 0.25) is 0 Å². The van der Waals surface area contributed by atoms with Gasteiger partial charge in [-0.15, -0.1) is 0 Å². The van der Waals surface area contributed by atoms with Crippen molar-refractivity contribution in [1.29, 1.82) is 0 Å². The first-order valence-corrected chi connectivity index (χ1v) is 13.4. The van der Waals surface area contributed by atoms with Gasteiger partial charge < -0.3 is 20.1 Å². The van der Waals surface area contributed by atoms with E-state index in [1.54, 1.807) is 6.20 Å². The Morgan fingerprint density at radius 2 is 1.84 bits per heavy atom. The topological polar surface area (TPSA) is 62.2 Å². The number of rotatable bonds is 7. The lowest BCUT2D eigenvalue weighted by Crippen LogP contribution is -2.32. The van der Waals surface area contributed by atoms with Crippen LogP contribution in [-0.4, -0.2) is 32.0 Å². The minimum atomic E-state index is -0.137. The quantitative estimate of drug-likeness (QED) is 0.256. The molecule has 2 aromatic carbocycles. The van der Waals surface area contributed by atoms with Crippen molar-refractivity contribution in [2.45, 2.75) is 32.4 Å². The monoisotopic (exact) mass is 573 g/mol. The molecule has 5 rings (SSSR count). The lowest BCUT2D eigenvalue weighted by Gasteiger charge is -2.28. The number of amides is 1. The van der Waals surface area contributed by atoms with Crippen molar-refractivity contribution in [2.75, 3.05) is 11.9 Å². The number of carbonyl (C=O) groups excluding carboxylic acids is 1. The van der Waals surface area contributed by atoms with E-state index in [9.17, 15) is 4.79 Å². The summed E-state index contributed by atoms with van der Waals surface area (Å²) in [7, 11) is 0. The maximum absolute atomic E-state index is 12.8. The van der Waals surface area contributed by atoms with Crippen LogP contribution in [0.5, 0.6) is 0 Å². The summed E-state index contributed by atoms with van der Waals surface area (Å²) in [5, 5.41) is 7.10. The van der Waals surface area contributed by atoms with Gasteiger partial charge in [-0.05, 0) is 80.2 Å². The van der Waals surface area contributed by atoms with Crippen LogP contribution < -0.4 is 10.6 Å². The van der Waals surface area contributed by atoms with Gasteiger partial charge in [-0.25, -0.2) is 0 Å². The number of hydrogen-bond acceptors (Lipinski definition) is 3. The Bertz CT molecular complexity index is 1420. The van der Waals surface area contributed by atoms with E-state index < -0.39 is 0 Å². The standard InChI is InChI=1S/C29H28BrN5OS/c1-19-17-24(20(2)35(19)23-12-8-9-21(30)18-23)28-27(25-13-6-7-15-31-25)33-29(37)34(28)16-14-26(36)32-22-10-4-3-5-11-22/h3-13,15,17-18,27-28H,14,16H2,1-2H3,(H,32,36)(H,33,37)/t27-,28+/m0/s1. The van der Waals surface area contributed by atoms with Crippen molar-refractivity contribution in [3.05, 3.63) is 112 Å². The van der Waals surface area contributed by atoms with Gasteiger partial charge in [0.15, 0.2) is 5.11 Å². The summed E-state index contributed by atoms with van der Waals surface area (Å²) in [5.74, 6) is -0.0476. The highest BCUT2D eigenvalue weighted by atomic mass is 79.9. The number of aromatic nitrogens is 2. The van der Waals surface area contributed by atoms with E-state index >= 15 is 0 Å². The predicted molar refractivity (Wildman–Crippen MR) is 155 cm³/mol. The molecule has 0 bridgehead atoms. The van der Waals surface area contributed by atoms with Gasteiger partial charge >= 0.3 is 0 Å². The lowest BCUT2D eigenvalue weighted by atomic mass is 9.96. The molecule has 0 radical (unpaired) electrons. The molecule has 188 valence electrons. The molecule has 3 heterocycles. The minimum absolute atomic E-state index is 0.0476. The number of aryl methyl sites for hydroxylation is 1. The average Bonchev–Trinajstić information content (AvgIpc) is 3.38. The molecular weight excluding hydrogens is 546 g/mol. The zero-order valence-corrected chi connectivity index (χ0v) is 23.1. The molecule has 1 amide bonds. The van der Waals surface area contributed by atoms with Crippen LogP contribution in [0.3, 0.4) is 0 Å². The van der Waals surface area contributed by atoms with Gasteiger partial charge in [-0.3, -0.25) is 9.78 Å². The highest BCUT2D eigenvalue weighted by molar-refractivity contribution is 9.10. The van der Waals surface area contributed by atoms with Crippen LogP contribution >= 0.6 is 28.1 Å². The molecule has 1 aliphatic rings. The van der Waals surface area contributed by atoms with Crippen molar-refractivity contribution in [3.8, 4) is 5.69 Å². The number of para-hydroxylation sites is 1. The maximum atomic E-state index is 12.8. The Morgan fingerprint density at radius 3 is 2.57 bits per heavy atom. The van der Waals surface area contributed by atoms with Crippen LogP contribution in [0.15, 0.2) is 89.5 Å². The van der Waals surface area contributed by atoms with Crippen molar-refractivity contribution < 1.29 is 4.79 Å². The molecule has 6 nitrogen and oxygen atoms in total. The molecule has 2 atom stereocenters. The fourth-order valence-corrected chi connectivity index (χ4v) is 5.77. The first-order valence-electron chi connectivity index (χ1n) is 12.2. The molecule has 4 aromatic rings. The summed E-state index contributed by atoms with van der Waals surface area (Å²) in [6.45, 7) is 4.74. The van der Waals surface area contributed by atoms with E-state index in [4.69, 9.17) is 12.2 Å². The van der Waals surface area contributed by atoms with Gasteiger partial charge in [0.05, 0.1) is 17.8 Å². The number of benzene rings is 2. The molecule has 1 aliphatic heterocycles. The van der Waals surface area contributed by atoms with E-state index in [1.807, 2.05) is 60.7 Å². The largest absolute Gasteiger partial charge is 0.352 e. The third-order valence-electron chi connectivity index (χ3n) is 6.69. The number of thiocarbonyl (C=S) groups is 1. The van der Waals surface area contributed by atoms with Gasteiger partial charge in [0, 0.05) is 46.4 Å². The molecule has 0 unspecified atom stereocenters. The number of pyridine rings is 1. The Labute approximate surface area is 230 Å². The summed E-state index contributed by atoms with van der Waals surface area (Å²) in [5.41, 5.74) is 6.21. The van der Waals surface area contributed by atoms with E-state index in [2.05, 4.69) is 73.1 Å². The molecule has 1 fully saturated rings. The lowest BCUT2D eigenvalue weighted by molar-refractivity contribution is -0.116. The number of halogens is 1. The molecule has 0 aliphatic carbocycles. The van der Waals surface area contributed by atoms with Gasteiger partial charge in [0.25, 0.3) is 0 Å². The maximum Gasteiger partial charge on any atom is 0.226 e. The number of anilines is 1. The molecule has 0 saturated carbocycles.